The van der Waals surface area contributed by atoms with Gasteiger partial charge in [0.05, 0.1) is 0 Å². The summed E-state index contributed by atoms with van der Waals surface area (Å²) >= 11 is 0. The van der Waals surface area contributed by atoms with Gasteiger partial charge >= 0.3 is 5.97 Å². The number of hydrogen-bond acceptors (Lipinski definition) is 3. The molecule has 0 aromatic heterocycles. The molecule has 56 valence electrons. The minimum absolute atomic E-state index is 0.176. The first kappa shape index (κ1) is 11.5. The second-order valence-corrected chi connectivity index (χ2v) is 1.33. The zero-order valence-electron chi connectivity index (χ0n) is 6.04. The molecule has 0 saturated carbocycles. The molecule has 0 aliphatic rings. The molecule has 0 radical (unpaired) electrons. The highest BCUT2D eigenvalue weighted by atomic mass is 16.5. The Balaban J connectivity index is 0. The van der Waals surface area contributed by atoms with Gasteiger partial charge in [-0.05, 0) is 0 Å². The van der Waals surface area contributed by atoms with Crippen molar-refractivity contribution in [1.82, 2.24) is 0 Å². The normalized spacial score (nSPS) is 6.70. The van der Waals surface area contributed by atoms with Crippen LogP contribution in [0, 0.1) is 11.8 Å². The third-order valence-electron chi connectivity index (χ3n) is 0.651. The van der Waals surface area contributed by atoms with E-state index in [0.29, 0.717) is 13.0 Å². The molecule has 0 amide bonds. The summed E-state index contributed by atoms with van der Waals surface area (Å²) in [7, 11) is 0. The van der Waals surface area contributed by atoms with Gasteiger partial charge in [0.15, 0.2) is 0 Å². The van der Waals surface area contributed by atoms with E-state index in [2.05, 4.69) is 17.9 Å². The molecule has 10 heavy (non-hydrogen) atoms. The maximum Gasteiger partial charge on any atom is 0.305 e. The van der Waals surface area contributed by atoms with Crippen molar-refractivity contribution in [3.05, 3.63) is 12.7 Å². The van der Waals surface area contributed by atoms with Gasteiger partial charge in [-0.15, -0.1) is 0 Å². The fourth-order valence-electron chi connectivity index (χ4n) is 0.254. The number of hydrogen-bond donors (Lipinski definition) is 0. The number of rotatable bonds is 3. The fourth-order valence-corrected chi connectivity index (χ4v) is 0.254. The minimum atomic E-state index is -0.176. The average molecular weight is 141 g/mol. The SMILES string of the molecule is C#N.C=CCOC(=O)CC. The molecule has 3 nitrogen and oxygen atoms in total. The van der Waals surface area contributed by atoms with Crippen LogP contribution in [0.5, 0.6) is 0 Å². The maximum atomic E-state index is 10.3. The number of nitriles is 1. The summed E-state index contributed by atoms with van der Waals surface area (Å²) in [6.45, 7) is 8.97. The van der Waals surface area contributed by atoms with Crippen LogP contribution in [0.1, 0.15) is 13.3 Å². The Bertz CT molecular complexity index is 118. The van der Waals surface area contributed by atoms with Gasteiger partial charge in [-0.3, -0.25) is 4.79 Å². The molecular weight excluding hydrogens is 130 g/mol. The smallest absolute Gasteiger partial charge is 0.305 e. The van der Waals surface area contributed by atoms with Crippen molar-refractivity contribution in [2.45, 2.75) is 13.3 Å². The summed E-state index contributed by atoms with van der Waals surface area (Å²) in [6, 6.07) is 0. The summed E-state index contributed by atoms with van der Waals surface area (Å²) in [5, 5.41) is 6.50. The van der Waals surface area contributed by atoms with Gasteiger partial charge in [-0.2, -0.15) is 0 Å². The summed E-state index contributed by atoms with van der Waals surface area (Å²) in [5.74, 6) is -0.176. The molecule has 0 spiro atoms. The summed E-state index contributed by atoms with van der Waals surface area (Å²) in [6.07, 6.45) is 1.99. The molecule has 0 saturated heterocycles. The van der Waals surface area contributed by atoms with E-state index in [0.717, 1.165) is 0 Å². The molecule has 0 N–H and O–H groups in total. The molecular formula is C7H11NO2. The average Bonchev–Trinajstić information content (AvgIpc) is 2.04. The van der Waals surface area contributed by atoms with Crippen LogP contribution in [0.3, 0.4) is 0 Å². The Kier molecular flexibility index (Phi) is 12.2. The van der Waals surface area contributed by atoms with Crippen LogP contribution in [-0.2, 0) is 9.53 Å². The van der Waals surface area contributed by atoms with Crippen LogP contribution < -0.4 is 0 Å². The molecule has 3 heteroatoms. The molecule has 0 fully saturated rings. The summed E-state index contributed by atoms with van der Waals surface area (Å²) in [4.78, 5) is 10.3. The van der Waals surface area contributed by atoms with E-state index in [1.165, 1.54) is 0 Å². The van der Waals surface area contributed by atoms with E-state index >= 15 is 0 Å². The van der Waals surface area contributed by atoms with Crippen LogP contribution in [0.2, 0.25) is 0 Å². The van der Waals surface area contributed by atoms with Crippen molar-refractivity contribution < 1.29 is 9.53 Å². The quantitative estimate of drug-likeness (QED) is 0.439. The molecule has 0 unspecified atom stereocenters. The molecule has 0 rings (SSSR count). The van der Waals surface area contributed by atoms with Crippen molar-refractivity contribution in [3.63, 3.8) is 0 Å². The minimum Gasteiger partial charge on any atom is -0.461 e. The van der Waals surface area contributed by atoms with Crippen LogP contribution in [0.25, 0.3) is 0 Å². The second kappa shape index (κ2) is 10.6. The molecule has 0 aromatic rings. The van der Waals surface area contributed by atoms with E-state index in [4.69, 9.17) is 5.26 Å². The monoisotopic (exact) mass is 141 g/mol. The van der Waals surface area contributed by atoms with Crippen molar-refractivity contribution in [1.29, 1.82) is 5.26 Å². The lowest BCUT2D eigenvalue weighted by atomic mass is 10.5. The van der Waals surface area contributed by atoms with Crippen LogP contribution in [0.4, 0.5) is 0 Å². The predicted molar refractivity (Wildman–Crippen MR) is 38.1 cm³/mol. The van der Waals surface area contributed by atoms with Crippen molar-refractivity contribution in [2.24, 2.45) is 0 Å². The lowest BCUT2D eigenvalue weighted by molar-refractivity contribution is -0.141. The number of carbonyl (C=O) groups is 1. The lowest BCUT2D eigenvalue weighted by Crippen LogP contribution is -2.00. The Labute approximate surface area is 60.9 Å². The molecule has 0 heterocycles. The third kappa shape index (κ3) is 9.85. The van der Waals surface area contributed by atoms with E-state index in [-0.39, 0.29) is 5.97 Å². The Hall–Kier alpha value is -1.30. The van der Waals surface area contributed by atoms with E-state index in [1.54, 1.807) is 13.0 Å². The first-order chi connectivity index (χ1) is 4.81. The Morgan fingerprint density at radius 3 is 2.60 bits per heavy atom. The molecule has 0 aromatic carbocycles. The number of ether oxygens (including phenoxy) is 1. The first-order valence-electron chi connectivity index (χ1n) is 2.83. The maximum absolute atomic E-state index is 10.3. The molecule has 0 bridgehead atoms. The lowest BCUT2D eigenvalue weighted by Gasteiger charge is -1.94. The Morgan fingerprint density at radius 1 is 1.80 bits per heavy atom. The van der Waals surface area contributed by atoms with Gasteiger partial charge in [0.2, 0.25) is 0 Å². The van der Waals surface area contributed by atoms with Crippen molar-refractivity contribution in [3.8, 4) is 6.57 Å². The highest BCUT2D eigenvalue weighted by Gasteiger charge is 1.92. The van der Waals surface area contributed by atoms with Gasteiger partial charge in [-0.25, -0.2) is 5.26 Å². The van der Waals surface area contributed by atoms with Crippen molar-refractivity contribution in [2.75, 3.05) is 6.61 Å². The van der Waals surface area contributed by atoms with Gasteiger partial charge in [0, 0.05) is 13.0 Å². The first-order valence-corrected chi connectivity index (χ1v) is 2.83. The number of carbonyl (C=O) groups excluding carboxylic acids is 1. The third-order valence-corrected chi connectivity index (χ3v) is 0.651. The Morgan fingerprint density at radius 2 is 2.30 bits per heavy atom. The van der Waals surface area contributed by atoms with E-state index < -0.39 is 0 Å². The van der Waals surface area contributed by atoms with Crippen LogP contribution >= 0.6 is 0 Å². The van der Waals surface area contributed by atoms with Gasteiger partial charge < -0.3 is 4.74 Å². The van der Waals surface area contributed by atoms with E-state index in [9.17, 15) is 4.79 Å². The summed E-state index contributed by atoms with van der Waals surface area (Å²) < 4.78 is 4.58. The highest BCUT2D eigenvalue weighted by Crippen LogP contribution is 1.82. The van der Waals surface area contributed by atoms with Gasteiger partial charge in [0.1, 0.15) is 6.61 Å². The van der Waals surface area contributed by atoms with E-state index in [1.807, 2.05) is 0 Å². The fraction of sp³-hybridized carbons (Fsp3) is 0.429. The zero-order valence-corrected chi connectivity index (χ0v) is 6.04. The van der Waals surface area contributed by atoms with Crippen LogP contribution in [0.15, 0.2) is 12.7 Å². The summed E-state index contributed by atoms with van der Waals surface area (Å²) in [5.41, 5.74) is 0. The number of nitrogens with zero attached hydrogens (tertiary/aromatic N) is 1. The van der Waals surface area contributed by atoms with Crippen molar-refractivity contribution >= 4 is 5.97 Å². The molecule has 0 atom stereocenters. The second-order valence-electron chi connectivity index (χ2n) is 1.33. The largest absolute Gasteiger partial charge is 0.461 e. The zero-order chi connectivity index (χ0) is 8.41. The molecule has 0 aliphatic carbocycles. The van der Waals surface area contributed by atoms with Gasteiger partial charge in [-0.1, -0.05) is 19.6 Å². The van der Waals surface area contributed by atoms with Gasteiger partial charge in [0.25, 0.3) is 0 Å². The predicted octanol–water partition coefficient (Wildman–Crippen LogP) is 1.27. The van der Waals surface area contributed by atoms with Crippen LogP contribution in [-0.4, -0.2) is 12.6 Å². The number of esters is 1. The standard InChI is InChI=1S/C6H10O2.CHN/c1-3-5-8-6(7)4-2;1-2/h3H,1,4-5H2,2H3;1H. The highest BCUT2D eigenvalue weighted by molar-refractivity contribution is 5.68. The molecule has 0 aliphatic heterocycles. The topological polar surface area (TPSA) is 50.1 Å².